The maximum Gasteiger partial charge on any atom is 0.279 e. The number of benzene rings is 1. The van der Waals surface area contributed by atoms with Gasteiger partial charge in [-0.05, 0) is 44.1 Å². The van der Waals surface area contributed by atoms with E-state index in [4.69, 9.17) is 17.0 Å². The number of nitrogens with one attached hydrogen (secondary N) is 3. The maximum atomic E-state index is 12.0. The number of carbonyl (C=O) groups excluding carboxylic acids is 1. The maximum absolute atomic E-state index is 12.0. The van der Waals surface area contributed by atoms with E-state index in [0.717, 1.165) is 12.8 Å². The Balaban J connectivity index is 1.74. The van der Waals surface area contributed by atoms with Gasteiger partial charge < -0.3 is 10.1 Å². The number of ether oxygens (including phenoxy) is 1. The minimum atomic E-state index is -0.784. The second kappa shape index (κ2) is 8.44. The monoisotopic (exact) mass is 352 g/mol. The molecule has 24 heavy (non-hydrogen) atoms. The Hall–Kier alpha value is -2.42. The Morgan fingerprint density at radius 1 is 1.29 bits per heavy atom. The molecule has 9 heteroatoms. The Bertz CT molecular complexity index is 602. The van der Waals surface area contributed by atoms with Crippen molar-refractivity contribution in [2.45, 2.75) is 44.8 Å². The minimum absolute atomic E-state index is 0.0375. The van der Waals surface area contributed by atoms with Gasteiger partial charge in [-0.2, -0.15) is 0 Å². The van der Waals surface area contributed by atoms with E-state index in [9.17, 15) is 14.9 Å². The molecule has 0 heterocycles. The summed E-state index contributed by atoms with van der Waals surface area (Å²) in [7, 11) is 0. The fourth-order valence-corrected chi connectivity index (χ4v) is 2.63. The molecule has 1 aromatic rings. The van der Waals surface area contributed by atoms with Crippen LogP contribution < -0.4 is 20.9 Å². The van der Waals surface area contributed by atoms with E-state index in [2.05, 4.69) is 16.2 Å². The highest BCUT2D eigenvalue weighted by Gasteiger charge is 2.18. The summed E-state index contributed by atoms with van der Waals surface area (Å²) in [6.45, 7) is 1.58. The van der Waals surface area contributed by atoms with Crippen molar-refractivity contribution in [3.8, 4) is 5.75 Å². The quantitative estimate of drug-likeness (QED) is 0.421. The van der Waals surface area contributed by atoms with Crippen molar-refractivity contribution >= 4 is 28.9 Å². The number of hydrazine groups is 1. The molecule has 0 saturated heterocycles. The van der Waals surface area contributed by atoms with Gasteiger partial charge in [-0.1, -0.05) is 12.8 Å². The molecule has 1 saturated carbocycles. The van der Waals surface area contributed by atoms with Crippen LogP contribution in [0.15, 0.2) is 24.3 Å². The summed E-state index contributed by atoms with van der Waals surface area (Å²) >= 11 is 5.12. The number of nitro benzene ring substituents is 1. The summed E-state index contributed by atoms with van der Waals surface area (Å²) in [5.41, 5.74) is 5.09. The lowest BCUT2D eigenvalue weighted by Gasteiger charge is -2.18. The van der Waals surface area contributed by atoms with Crippen LogP contribution in [0.4, 0.5) is 5.69 Å². The van der Waals surface area contributed by atoms with E-state index in [1.807, 2.05) is 0 Å². The molecule has 0 spiro atoms. The lowest BCUT2D eigenvalue weighted by atomic mass is 10.3. The number of thiocarbonyl (C=S) groups is 1. The first-order valence-electron chi connectivity index (χ1n) is 7.73. The van der Waals surface area contributed by atoms with Gasteiger partial charge in [-0.25, -0.2) is 0 Å². The van der Waals surface area contributed by atoms with Crippen molar-refractivity contribution in [2.75, 3.05) is 0 Å². The number of hydrogen-bond acceptors (Lipinski definition) is 5. The van der Waals surface area contributed by atoms with Crippen LogP contribution in [0.25, 0.3) is 0 Å². The van der Waals surface area contributed by atoms with Crippen LogP contribution in [-0.2, 0) is 4.79 Å². The van der Waals surface area contributed by atoms with Crippen molar-refractivity contribution < 1.29 is 14.5 Å². The molecule has 2 rings (SSSR count). The molecule has 1 unspecified atom stereocenters. The summed E-state index contributed by atoms with van der Waals surface area (Å²) in [5, 5.41) is 14.1. The first-order valence-corrected chi connectivity index (χ1v) is 8.14. The smallest absolute Gasteiger partial charge is 0.279 e. The average Bonchev–Trinajstić information content (AvgIpc) is 3.06. The number of carbonyl (C=O) groups is 1. The van der Waals surface area contributed by atoms with Gasteiger partial charge in [0.25, 0.3) is 11.6 Å². The van der Waals surface area contributed by atoms with Gasteiger partial charge in [0, 0.05) is 18.2 Å². The van der Waals surface area contributed by atoms with Crippen LogP contribution in [0.1, 0.15) is 32.6 Å². The van der Waals surface area contributed by atoms with E-state index >= 15 is 0 Å². The largest absolute Gasteiger partial charge is 0.481 e. The van der Waals surface area contributed by atoms with Gasteiger partial charge in [0.2, 0.25) is 0 Å². The molecule has 130 valence electrons. The van der Waals surface area contributed by atoms with Crippen LogP contribution in [0.3, 0.4) is 0 Å². The fraction of sp³-hybridized carbons (Fsp3) is 0.467. The van der Waals surface area contributed by atoms with Gasteiger partial charge >= 0.3 is 0 Å². The van der Waals surface area contributed by atoms with Gasteiger partial charge in [0.1, 0.15) is 5.75 Å². The first-order chi connectivity index (χ1) is 11.5. The van der Waals surface area contributed by atoms with Gasteiger partial charge in [-0.15, -0.1) is 0 Å². The highest BCUT2D eigenvalue weighted by atomic mass is 32.1. The van der Waals surface area contributed by atoms with Crippen molar-refractivity contribution in [2.24, 2.45) is 0 Å². The van der Waals surface area contributed by atoms with Gasteiger partial charge in [0.05, 0.1) is 4.92 Å². The molecule has 1 aliphatic rings. The van der Waals surface area contributed by atoms with Crippen LogP contribution in [0.2, 0.25) is 0 Å². The molecule has 0 aliphatic heterocycles. The Labute approximate surface area is 145 Å². The van der Waals surface area contributed by atoms with Crippen LogP contribution in [0, 0.1) is 10.1 Å². The summed E-state index contributed by atoms with van der Waals surface area (Å²) in [6, 6.07) is 5.89. The zero-order valence-corrected chi connectivity index (χ0v) is 14.1. The normalized spacial score (nSPS) is 15.4. The number of hydrogen-bond donors (Lipinski definition) is 3. The number of amides is 1. The predicted molar refractivity (Wildman–Crippen MR) is 92.5 cm³/mol. The molecule has 1 amide bonds. The summed E-state index contributed by atoms with van der Waals surface area (Å²) in [6.07, 6.45) is 3.75. The van der Waals surface area contributed by atoms with Crippen molar-refractivity contribution in [1.82, 2.24) is 16.2 Å². The number of nitro groups is 1. The zero-order valence-electron chi connectivity index (χ0n) is 13.3. The molecule has 1 aliphatic carbocycles. The molecule has 1 fully saturated rings. The predicted octanol–water partition coefficient (Wildman–Crippen LogP) is 1.80. The topological polar surface area (TPSA) is 106 Å². The van der Waals surface area contributed by atoms with Crippen LogP contribution in [-0.4, -0.2) is 28.1 Å². The highest BCUT2D eigenvalue weighted by molar-refractivity contribution is 7.80. The van der Waals surface area contributed by atoms with E-state index in [-0.39, 0.29) is 5.69 Å². The van der Waals surface area contributed by atoms with Crippen molar-refractivity contribution in [3.63, 3.8) is 0 Å². The van der Waals surface area contributed by atoms with Gasteiger partial charge in [0.15, 0.2) is 11.2 Å². The third kappa shape index (κ3) is 5.34. The van der Waals surface area contributed by atoms with E-state index in [1.54, 1.807) is 6.92 Å². The Morgan fingerprint density at radius 3 is 2.50 bits per heavy atom. The molecular weight excluding hydrogens is 332 g/mol. The summed E-state index contributed by atoms with van der Waals surface area (Å²) in [4.78, 5) is 22.1. The Kier molecular flexibility index (Phi) is 6.30. The van der Waals surface area contributed by atoms with Crippen LogP contribution in [0.5, 0.6) is 5.75 Å². The lowest BCUT2D eigenvalue weighted by Crippen LogP contribution is -2.52. The molecule has 0 bridgehead atoms. The number of non-ortho nitro benzene ring substituents is 1. The standard InChI is InChI=1S/C15H20N4O4S/c1-10(23-13-8-6-12(7-9-13)19(21)22)14(20)17-18-15(24)16-11-4-2-3-5-11/h6-11H,2-5H2,1H3,(H,17,20)(H2,16,18,24). The molecule has 1 atom stereocenters. The van der Waals surface area contributed by atoms with Crippen molar-refractivity contribution in [1.29, 1.82) is 0 Å². The molecule has 3 N–H and O–H groups in total. The average molecular weight is 352 g/mol. The van der Waals surface area contributed by atoms with E-state index in [1.165, 1.54) is 37.1 Å². The summed E-state index contributed by atoms with van der Waals surface area (Å²) in [5.74, 6) is -0.0289. The lowest BCUT2D eigenvalue weighted by molar-refractivity contribution is -0.384. The summed E-state index contributed by atoms with van der Waals surface area (Å²) < 4.78 is 5.44. The molecular formula is C15H20N4O4S. The molecule has 8 nitrogen and oxygen atoms in total. The molecule has 1 aromatic carbocycles. The minimum Gasteiger partial charge on any atom is -0.481 e. The third-order valence-corrected chi connectivity index (χ3v) is 3.94. The van der Waals surface area contributed by atoms with E-state index < -0.39 is 16.9 Å². The third-order valence-electron chi connectivity index (χ3n) is 3.72. The molecule has 0 aromatic heterocycles. The number of nitrogens with zero attached hydrogens (tertiary/aromatic N) is 1. The Morgan fingerprint density at radius 2 is 1.92 bits per heavy atom. The highest BCUT2D eigenvalue weighted by Crippen LogP contribution is 2.18. The van der Waals surface area contributed by atoms with E-state index in [0.29, 0.717) is 16.9 Å². The number of rotatable bonds is 5. The van der Waals surface area contributed by atoms with Gasteiger partial charge in [-0.3, -0.25) is 25.8 Å². The van der Waals surface area contributed by atoms with Crippen LogP contribution >= 0.6 is 12.2 Å². The molecule has 0 radical (unpaired) electrons. The SMILES string of the molecule is CC(Oc1ccc([N+](=O)[O-])cc1)C(=O)NNC(=S)NC1CCCC1. The van der Waals surface area contributed by atoms with Crippen molar-refractivity contribution in [3.05, 3.63) is 34.4 Å². The fourth-order valence-electron chi connectivity index (χ4n) is 2.42. The second-order valence-electron chi connectivity index (χ2n) is 5.58. The zero-order chi connectivity index (χ0) is 17.5. The first kappa shape index (κ1) is 17.9. The second-order valence-corrected chi connectivity index (χ2v) is 5.99.